The number of hydrogen-bond acceptors (Lipinski definition) is 16. The van der Waals surface area contributed by atoms with E-state index in [9.17, 15) is 44.1 Å². The second-order valence-corrected chi connectivity index (χ2v) is 11.5. The number of H-pyrrole nitrogens is 1. The van der Waals surface area contributed by atoms with Crippen molar-refractivity contribution >= 4 is 32.8 Å². The molecule has 0 spiro atoms. The van der Waals surface area contributed by atoms with E-state index in [0.717, 1.165) is 10.9 Å². The lowest BCUT2D eigenvalue weighted by atomic mass is 9.98. The molecule has 0 amide bonds. The van der Waals surface area contributed by atoms with E-state index in [-0.39, 0.29) is 17.1 Å². The summed E-state index contributed by atoms with van der Waals surface area (Å²) < 4.78 is 49.6. The molecule has 0 aliphatic carbocycles. The first-order valence-electron chi connectivity index (χ1n) is 10.8. The molecule has 4 rings (SSSR count). The first kappa shape index (κ1) is 29.1. The highest BCUT2D eigenvalue weighted by Gasteiger charge is 2.48. The molecule has 22 heteroatoms. The summed E-state index contributed by atoms with van der Waals surface area (Å²) in [6, 6.07) is -1.33. The number of nitrogens with zero attached hydrogens (tertiary/aromatic N) is 3. The number of anilines is 1. The highest BCUT2D eigenvalue weighted by atomic mass is 31.3. The molecule has 4 heterocycles. The van der Waals surface area contributed by atoms with Gasteiger partial charge in [-0.05, 0) is 6.92 Å². The molecule has 0 saturated carbocycles. The summed E-state index contributed by atoms with van der Waals surface area (Å²) in [6.07, 6.45) is -11.2. The van der Waals surface area contributed by atoms with Gasteiger partial charge in [-0.15, -0.1) is 0 Å². The van der Waals surface area contributed by atoms with Crippen LogP contribution in [0.15, 0.2) is 11.1 Å². The smallest absolute Gasteiger partial charge is 0.389 e. The fraction of sp³-hybridized carbons (Fsp3) is 0.688. The van der Waals surface area contributed by atoms with Crippen LogP contribution in [0.4, 0.5) is 5.95 Å². The van der Waals surface area contributed by atoms with Crippen molar-refractivity contribution in [3.8, 4) is 0 Å². The monoisotopic (exact) mass is 588 g/mol. The molecule has 2 fully saturated rings. The molecule has 2 unspecified atom stereocenters. The number of aliphatic hydroxyl groups is 4. The van der Waals surface area contributed by atoms with Gasteiger partial charge in [0.15, 0.2) is 23.7 Å². The normalized spacial score (nSPS) is 37.2. The lowest BCUT2D eigenvalue weighted by Crippen LogP contribution is -2.60. The number of nitrogens with one attached hydrogen (secondary N) is 1. The predicted octanol–water partition coefficient (Wildman–Crippen LogP) is -3.63. The average molecular weight is 588 g/mol. The molecule has 2 saturated heterocycles. The van der Waals surface area contributed by atoms with Crippen LogP contribution in [0.1, 0.15) is 13.2 Å². The minimum Gasteiger partial charge on any atom is -0.389 e. The Bertz CT molecular complexity index is 1320. The molecule has 0 radical (unpaired) electrons. The van der Waals surface area contributed by atoms with Gasteiger partial charge in [0.25, 0.3) is 5.56 Å². The van der Waals surface area contributed by atoms with Crippen LogP contribution in [0.25, 0.3) is 11.2 Å². The van der Waals surface area contributed by atoms with E-state index in [1.54, 1.807) is 0 Å². The van der Waals surface area contributed by atoms with Crippen molar-refractivity contribution in [1.82, 2.24) is 19.5 Å². The number of nitrogens with two attached hydrogens (primary N) is 2. The van der Waals surface area contributed by atoms with Gasteiger partial charge in [-0.25, -0.2) is 14.1 Å². The summed E-state index contributed by atoms with van der Waals surface area (Å²) in [6.45, 7) is 0.391. The maximum absolute atomic E-state index is 12.3. The summed E-state index contributed by atoms with van der Waals surface area (Å²) >= 11 is 0. The van der Waals surface area contributed by atoms with Crippen LogP contribution in [-0.2, 0) is 32.0 Å². The van der Waals surface area contributed by atoms with Crippen LogP contribution >= 0.6 is 15.6 Å². The first-order chi connectivity index (χ1) is 17.6. The average Bonchev–Trinajstić information content (AvgIpc) is 3.35. The topological polar surface area (TPSA) is 317 Å². The number of aliphatic hydroxyl groups excluding tert-OH is 4. The second kappa shape index (κ2) is 10.6. The fourth-order valence-electron chi connectivity index (χ4n) is 3.85. The molecule has 2 aromatic heterocycles. The van der Waals surface area contributed by atoms with Crippen molar-refractivity contribution in [3.05, 3.63) is 16.7 Å². The number of imidazole rings is 1. The number of fused-ring (bicyclic) bond motifs is 1. The number of aromatic nitrogens is 4. The maximum Gasteiger partial charge on any atom is 0.483 e. The Morgan fingerprint density at radius 2 is 1.79 bits per heavy atom. The molecular weight excluding hydrogens is 562 g/mol. The van der Waals surface area contributed by atoms with E-state index in [2.05, 4.69) is 28.3 Å². The third kappa shape index (κ3) is 5.83. The largest absolute Gasteiger partial charge is 0.483 e. The predicted molar refractivity (Wildman–Crippen MR) is 121 cm³/mol. The molecule has 11 atom stereocenters. The quantitative estimate of drug-likeness (QED) is 0.134. The van der Waals surface area contributed by atoms with Gasteiger partial charge in [-0.3, -0.25) is 23.4 Å². The highest BCUT2D eigenvalue weighted by Crippen LogP contribution is 2.61. The Hall–Kier alpha value is -1.87. The summed E-state index contributed by atoms with van der Waals surface area (Å²) in [7, 11) is -10.8. The Balaban J connectivity index is 1.39. The second-order valence-electron chi connectivity index (χ2n) is 8.51. The number of phosphoric acid groups is 2. The van der Waals surface area contributed by atoms with Gasteiger partial charge in [0.05, 0.1) is 31.2 Å². The van der Waals surface area contributed by atoms with Crippen LogP contribution in [0.2, 0.25) is 0 Å². The summed E-state index contributed by atoms with van der Waals surface area (Å²) in [5, 5.41) is 40.5. The molecule has 0 aromatic carbocycles. The minimum atomic E-state index is -5.45. The Labute approximate surface area is 211 Å². The number of rotatable bonds is 8. The lowest BCUT2D eigenvalue weighted by molar-refractivity contribution is -0.240. The molecule has 2 aliphatic rings. The standard InChI is InChI=1S/C16H26N6O14P2/c1-4-8(23)6(17)10(25)15(33-4)35-38(30,31)36-37(28,29)32-2-5-9(24)11(26)14(34-5)22-3-19-7-12(22)20-16(18)21-13(7)27/h3-6,8-11,14-15,23-26H,2,17H2,1H3,(H,28,29)(H,30,31)(H3,18,20,21,27)/t4-,5-,6+,8-,9-,10+,11-,14-,15-/m1/s1. The molecular formula is C16H26N6O14P2. The zero-order valence-corrected chi connectivity index (χ0v) is 21.1. The summed E-state index contributed by atoms with van der Waals surface area (Å²) in [5.74, 6) is -0.259. The van der Waals surface area contributed by atoms with Crippen molar-refractivity contribution in [2.24, 2.45) is 5.73 Å². The highest BCUT2D eigenvalue weighted by molar-refractivity contribution is 7.61. The Morgan fingerprint density at radius 3 is 2.47 bits per heavy atom. The van der Waals surface area contributed by atoms with Crippen molar-refractivity contribution < 1.29 is 62.2 Å². The first-order valence-corrected chi connectivity index (χ1v) is 13.8. The third-order valence-corrected chi connectivity index (χ3v) is 8.41. The van der Waals surface area contributed by atoms with Gasteiger partial charge < -0.3 is 51.2 Å². The van der Waals surface area contributed by atoms with Gasteiger partial charge >= 0.3 is 15.6 Å². The SMILES string of the molecule is C[C@H]1O[C@H](OP(=O)(O)OP(=O)(O)OC[C@H]2O[C@@H](n3cnc4c(=O)[nH]c(N)nc43)[C@H](O)[C@@H]2O)[C@@H](O)[C@@H](N)[C@@H]1O. The third-order valence-electron chi connectivity index (χ3n) is 5.80. The lowest BCUT2D eigenvalue weighted by Gasteiger charge is -2.39. The zero-order valence-electron chi connectivity index (χ0n) is 19.3. The maximum atomic E-state index is 12.3. The van der Waals surface area contributed by atoms with Gasteiger partial charge in [0, 0.05) is 0 Å². The van der Waals surface area contributed by atoms with Crippen molar-refractivity contribution in [2.45, 2.75) is 62.1 Å². The number of nitrogen functional groups attached to an aromatic ring is 1. The number of phosphoric ester groups is 2. The van der Waals surface area contributed by atoms with E-state index >= 15 is 0 Å². The number of ether oxygens (including phenoxy) is 2. The molecule has 0 bridgehead atoms. The molecule has 214 valence electrons. The van der Waals surface area contributed by atoms with E-state index in [4.69, 9.17) is 20.9 Å². The van der Waals surface area contributed by atoms with Crippen LogP contribution in [-0.4, -0.2) is 105 Å². The molecule has 20 nitrogen and oxygen atoms in total. The van der Waals surface area contributed by atoms with E-state index in [1.807, 2.05) is 0 Å². The van der Waals surface area contributed by atoms with Gasteiger partial charge in [-0.2, -0.15) is 9.29 Å². The van der Waals surface area contributed by atoms with E-state index in [0.29, 0.717) is 0 Å². The van der Waals surface area contributed by atoms with Gasteiger partial charge in [0.2, 0.25) is 5.95 Å². The van der Waals surface area contributed by atoms with Crippen LogP contribution in [0, 0.1) is 0 Å². The van der Waals surface area contributed by atoms with Crippen LogP contribution < -0.4 is 17.0 Å². The summed E-state index contributed by atoms with van der Waals surface area (Å²) in [5.41, 5.74) is 10.2. The zero-order chi connectivity index (χ0) is 28.2. The molecule has 2 aliphatic heterocycles. The number of aromatic amines is 1. The van der Waals surface area contributed by atoms with Crippen molar-refractivity contribution in [3.63, 3.8) is 0 Å². The van der Waals surface area contributed by atoms with Gasteiger partial charge in [0.1, 0.15) is 24.4 Å². The van der Waals surface area contributed by atoms with Crippen LogP contribution in [0.3, 0.4) is 0 Å². The van der Waals surface area contributed by atoms with Crippen LogP contribution in [0.5, 0.6) is 0 Å². The Kier molecular flexibility index (Phi) is 8.12. The molecule has 11 N–H and O–H groups in total. The summed E-state index contributed by atoms with van der Waals surface area (Å²) in [4.78, 5) is 41.8. The molecule has 2 aromatic rings. The van der Waals surface area contributed by atoms with E-state index < -0.39 is 83.0 Å². The number of hydrogen-bond donors (Lipinski definition) is 9. The molecule has 38 heavy (non-hydrogen) atoms. The van der Waals surface area contributed by atoms with Crippen molar-refractivity contribution in [2.75, 3.05) is 12.3 Å². The van der Waals surface area contributed by atoms with E-state index in [1.165, 1.54) is 6.92 Å². The fourth-order valence-corrected chi connectivity index (χ4v) is 6.01. The minimum absolute atomic E-state index is 0.0905. The Morgan fingerprint density at radius 1 is 1.11 bits per heavy atom. The van der Waals surface area contributed by atoms with Crippen molar-refractivity contribution in [1.29, 1.82) is 0 Å². The van der Waals surface area contributed by atoms with Gasteiger partial charge in [-0.1, -0.05) is 0 Å².